The van der Waals surface area contributed by atoms with Crippen molar-refractivity contribution in [1.29, 1.82) is 0 Å². The smallest absolute Gasteiger partial charge is 0.160 e. The molecule has 24 heavy (non-hydrogen) atoms. The first-order valence-corrected chi connectivity index (χ1v) is 7.66. The van der Waals surface area contributed by atoms with Crippen molar-refractivity contribution in [3.05, 3.63) is 48.0 Å². The van der Waals surface area contributed by atoms with Gasteiger partial charge in [-0.25, -0.2) is 9.37 Å². The molecular formula is C17H16FN5O. The molecule has 4 rings (SSSR count). The highest BCUT2D eigenvalue weighted by molar-refractivity contribution is 5.71. The second-order valence-corrected chi connectivity index (χ2v) is 5.79. The van der Waals surface area contributed by atoms with E-state index in [1.54, 1.807) is 12.3 Å². The van der Waals surface area contributed by atoms with Crippen molar-refractivity contribution in [3.8, 4) is 28.5 Å². The second kappa shape index (κ2) is 5.68. The lowest BCUT2D eigenvalue weighted by Gasteiger charge is -2.10. The molecule has 0 bridgehead atoms. The third kappa shape index (κ3) is 2.43. The van der Waals surface area contributed by atoms with Gasteiger partial charge in [-0.3, -0.25) is 0 Å². The predicted molar refractivity (Wildman–Crippen MR) is 86.8 cm³/mol. The number of hydrogen-bond acceptors (Lipinski definition) is 5. The molecule has 0 unspecified atom stereocenters. The Morgan fingerprint density at radius 3 is 2.75 bits per heavy atom. The molecule has 0 aliphatic carbocycles. The monoisotopic (exact) mass is 325 g/mol. The highest BCUT2D eigenvalue weighted by Gasteiger charge is 2.26. The topological polar surface area (TPSA) is 78.9 Å². The van der Waals surface area contributed by atoms with Crippen molar-refractivity contribution < 1.29 is 9.13 Å². The van der Waals surface area contributed by atoms with Crippen molar-refractivity contribution in [2.45, 2.75) is 12.5 Å². The summed E-state index contributed by atoms with van der Waals surface area (Å²) in [6.07, 6.45) is 4.02. The Balaban J connectivity index is 1.74. The molecule has 2 N–H and O–H groups in total. The van der Waals surface area contributed by atoms with E-state index in [4.69, 9.17) is 10.5 Å². The maximum atomic E-state index is 13.9. The van der Waals surface area contributed by atoms with Gasteiger partial charge in [0.1, 0.15) is 23.4 Å². The van der Waals surface area contributed by atoms with Crippen molar-refractivity contribution >= 4 is 0 Å². The zero-order chi connectivity index (χ0) is 16.7. The van der Waals surface area contributed by atoms with Crippen molar-refractivity contribution in [2.75, 3.05) is 6.54 Å². The molecule has 1 aliphatic rings. The van der Waals surface area contributed by atoms with Crippen LogP contribution in [0.25, 0.3) is 22.8 Å². The van der Waals surface area contributed by atoms with Gasteiger partial charge < -0.3 is 15.0 Å². The van der Waals surface area contributed by atoms with E-state index in [1.165, 1.54) is 12.1 Å². The Labute approximate surface area is 138 Å². The molecule has 0 saturated heterocycles. The standard InChI is InChI=1S/C17H16FN5O/c1-23-5-4-20-17(23)15-3-2-14(21-22-15)13-8-11(18)6-10-7-12(9-19)24-16(10)13/h2-6,8,12H,7,9,19H2,1H3/t12-/m1/s1. The lowest BCUT2D eigenvalue weighted by atomic mass is 10.0. The Bertz CT molecular complexity index is 890. The van der Waals surface area contributed by atoms with Gasteiger partial charge in [0.15, 0.2) is 5.82 Å². The molecule has 0 radical (unpaired) electrons. The molecule has 0 spiro atoms. The van der Waals surface area contributed by atoms with Crippen molar-refractivity contribution in [1.82, 2.24) is 19.7 Å². The summed E-state index contributed by atoms with van der Waals surface area (Å²) in [7, 11) is 1.89. The summed E-state index contributed by atoms with van der Waals surface area (Å²) in [5.74, 6) is 1.05. The zero-order valence-electron chi connectivity index (χ0n) is 13.1. The van der Waals surface area contributed by atoms with Crippen LogP contribution in [0.3, 0.4) is 0 Å². The fraction of sp³-hybridized carbons (Fsp3) is 0.235. The summed E-state index contributed by atoms with van der Waals surface area (Å²) >= 11 is 0. The lowest BCUT2D eigenvalue weighted by molar-refractivity contribution is 0.242. The molecule has 1 atom stereocenters. The fourth-order valence-electron chi connectivity index (χ4n) is 2.92. The van der Waals surface area contributed by atoms with Gasteiger partial charge in [-0.1, -0.05) is 0 Å². The van der Waals surface area contributed by atoms with Crippen LogP contribution in [-0.4, -0.2) is 32.4 Å². The van der Waals surface area contributed by atoms with Crippen LogP contribution in [0.2, 0.25) is 0 Å². The molecule has 1 aromatic carbocycles. The molecule has 7 heteroatoms. The van der Waals surface area contributed by atoms with Crippen LogP contribution >= 0.6 is 0 Å². The molecule has 122 valence electrons. The second-order valence-electron chi connectivity index (χ2n) is 5.79. The number of nitrogens with two attached hydrogens (primary N) is 1. The molecule has 0 amide bonds. The average Bonchev–Trinajstić information content (AvgIpc) is 3.20. The first kappa shape index (κ1) is 14.8. The van der Waals surface area contributed by atoms with E-state index in [2.05, 4.69) is 15.2 Å². The minimum absolute atomic E-state index is 0.125. The van der Waals surface area contributed by atoms with E-state index in [0.29, 0.717) is 35.7 Å². The molecule has 3 heterocycles. The van der Waals surface area contributed by atoms with Crippen LogP contribution in [0.5, 0.6) is 5.75 Å². The maximum Gasteiger partial charge on any atom is 0.160 e. The van der Waals surface area contributed by atoms with E-state index in [0.717, 1.165) is 11.4 Å². The number of fused-ring (bicyclic) bond motifs is 1. The fourth-order valence-corrected chi connectivity index (χ4v) is 2.92. The number of nitrogens with zero attached hydrogens (tertiary/aromatic N) is 4. The average molecular weight is 325 g/mol. The number of aromatic nitrogens is 4. The van der Waals surface area contributed by atoms with Gasteiger partial charge in [-0.2, -0.15) is 0 Å². The van der Waals surface area contributed by atoms with Gasteiger partial charge in [0.05, 0.1) is 5.69 Å². The molecule has 0 saturated carbocycles. The largest absolute Gasteiger partial charge is 0.488 e. The number of benzene rings is 1. The summed E-state index contributed by atoms with van der Waals surface area (Å²) in [6.45, 7) is 0.388. The van der Waals surface area contributed by atoms with Crippen molar-refractivity contribution in [2.24, 2.45) is 12.8 Å². The molecule has 3 aromatic rings. The van der Waals surface area contributed by atoms with Gasteiger partial charge in [-0.15, -0.1) is 10.2 Å². The summed E-state index contributed by atoms with van der Waals surface area (Å²) in [5.41, 5.74) is 8.29. The van der Waals surface area contributed by atoms with E-state index in [-0.39, 0.29) is 11.9 Å². The van der Waals surface area contributed by atoms with E-state index < -0.39 is 0 Å². The van der Waals surface area contributed by atoms with E-state index >= 15 is 0 Å². The van der Waals surface area contributed by atoms with Crippen LogP contribution in [-0.2, 0) is 13.5 Å². The van der Waals surface area contributed by atoms with Crippen LogP contribution < -0.4 is 10.5 Å². The minimum Gasteiger partial charge on any atom is -0.488 e. The predicted octanol–water partition coefficient (Wildman–Crippen LogP) is 1.95. The third-order valence-corrected chi connectivity index (χ3v) is 4.12. The Morgan fingerprint density at radius 2 is 2.08 bits per heavy atom. The summed E-state index contributed by atoms with van der Waals surface area (Å²) in [6, 6.07) is 6.52. The minimum atomic E-state index is -0.319. The van der Waals surface area contributed by atoms with Crippen LogP contribution in [0.15, 0.2) is 36.7 Å². The van der Waals surface area contributed by atoms with E-state index in [9.17, 15) is 4.39 Å². The number of halogens is 1. The number of hydrogen-bond donors (Lipinski definition) is 1. The third-order valence-electron chi connectivity index (χ3n) is 4.12. The summed E-state index contributed by atoms with van der Waals surface area (Å²) < 4.78 is 21.6. The van der Waals surface area contributed by atoms with Crippen LogP contribution in [0.4, 0.5) is 4.39 Å². The maximum absolute atomic E-state index is 13.9. The number of aryl methyl sites for hydroxylation is 1. The van der Waals surface area contributed by atoms with Gasteiger partial charge in [-0.05, 0) is 24.3 Å². The highest BCUT2D eigenvalue weighted by Crippen LogP contribution is 2.38. The van der Waals surface area contributed by atoms with Crippen LogP contribution in [0.1, 0.15) is 5.56 Å². The summed E-state index contributed by atoms with van der Waals surface area (Å²) in [4.78, 5) is 4.24. The van der Waals surface area contributed by atoms with Gasteiger partial charge in [0, 0.05) is 43.5 Å². The molecule has 2 aromatic heterocycles. The quantitative estimate of drug-likeness (QED) is 0.796. The van der Waals surface area contributed by atoms with Gasteiger partial charge in [0.2, 0.25) is 0 Å². The summed E-state index contributed by atoms with van der Waals surface area (Å²) in [5, 5.41) is 8.45. The van der Waals surface area contributed by atoms with Gasteiger partial charge in [0.25, 0.3) is 0 Å². The van der Waals surface area contributed by atoms with E-state index in [1.807, 2.05) is 23.9 Å². The Kier molecular flexibility index (Phi) is 3.50. The molecule has 1 aliphatic heterocycles. The molecule has 0 fully saturated rings. The van der Waals surface area contributed by atoms with Gasteiger partial charge >= 0.3 is 0 Å². The van der Waals surface area contributed by atoms with Crippen molar-refractivity contribution in [3.63, 3.8) is 0 Å². The first-order chi connectivity index (χ1) is 11.7. The highest BCUT2D eigenvalue weighted by atomic mass is 19.1. The number of rotatable bonds is 3. The zero-order valence-corrected chi connectivity index (χ0v) is 13.1. The van der Waals surface area contributed by atoms with Crippen LogP contribution in [0, 0.1) is 5.82 Å². The SMILES string of the molecule is Cn1ccnc1-c1ccc(-c2cc(F)cc3c2O[C@@H](CN)C3)nn1. The molecule has 6 nitrogen and oxygen atoms in total. The first-order valence-electron chi connectivity index (χ1n) is 7.66. The number of imidazole rings is 1. The molecular weight excluding hydrogens is 309 g/mol. The Hall–Kier alpha value is -2.80. The lowest BCUT2D eigenvalue weighted by Crippen LogP contribution is -2.24. The normalized spacial score (nSPS) is 16.0. The Morgan fingerprint density at radius 1 is 1.29 bits per heavy atom. The number of ether oxygens (including phenoxy) is 1.